The summed E-state index contributed by atoms with van der Waals surface area (Å²) >= 11 is 6.46. The Hall–Kier alpha value is -1.40. The maximum atomic E-state index is 12.9. The van der Waals surface area contributed by atoms with Gasteiger partial charge in [-0.1, -0.05) is 18.2 Å². The highest BCUT2D eigenvalue weighted by molar-refractivity contribution is 7.85. The van der Waals surface area contributed by atoms with Gasteiger partial charge in [0.25, 0.3) is 0 Å². The Morgan fingerprint density at radius 3 is 2.08 bits per heavy atom. The fraction of sp³-hybridized carbons (Fsp3) is 0.556. The standard InChI is InChI=1S/C18H23ClO5S/c1-3-23-17(20)13-10-15(19)16(11-14(13)18(21)24-4-2)25(22)12-8-6-5-7-9-12/h5-9,13-16H,3-4,10-11H2,1-2H3/t13-,14+,15+,16-,25-/m0/s1. The average molecular weight is 387 g/mol. The maximum Gasteiger partial charge on any atom is 0.309 e. The van der Waals surface area contributed by atoms with Crippen molar-refractivity contribution in [2.75, 3.05) is 13.2 Å². The number of ether oxygens (including phenoxy) is 2. The van der Waals surface area contributed by atoms with Crippen LogP contribution in [-0.4, -0.2) is 40.0 Å². The second-order valence-electron chi connectivity index (χ2n) is 5.85. The summed E-state index contributed by atoms with van der Waals surface area (Å²) in [5, 5.41) is -0.912. The van der Waals surface area contributed by atoms with Gasteiger partial charge in [0, 0.05) is 10.3 Å². The summed E-state index contributed by atoms with van der Waals surface area (Å²) in [4.78, 5) is 25.3. The molecule has 25 heavy (non-hydrogen) atoms. The van der Waals surface area contributed by atoms with Crippen molar-refractivity contribution >= 4 is 34.3 Å². The highest BCUT2D eigenvalue weighted by Crippen LogP contribution is 2.38. The van der Waals surface area contributed by atoms with Crippen molar-refractivity contribution in [3.63, 3.8) is 0 Å². The molecule has 0 spiro atoms. The third-order valence-electron chi connectivity index (χ3n) is 4.28. The minimum absolute atomic E-state index is 0.224. The summed E-state index contributed by atoms with van der Waals surface area (Å²) < 4.78 is 23.1. The van der Waals surface area contributed by atoms with Gasteiger partial charge in [-0.05, 0) is 38.8 Å². The van der Waals surface area contributed by atoms with Crippen LogP contribution in [0.2, 0.25) is 0 Å². The monoisotopic (exact) mass is 386 g/mol. The van der Waals surface area contributed by atoms with E-state index in [9.17, 15) is 13.8 Å². The van der Waals surface area contributed by atoms with Gasteiger partial charge >= 0.3 is 11.9 Å². The number of hydrogen-bond donors (Lipinski definition) is 0. The number of rotatable bonds is 6. The highest BCUT2D eigenvalue weighted by Gasteiger charge is 2.46. The molecule has 1 aliphatic rings. The number of alkyl halides is 1. The molecule has 0 amide bonds. The van der Waals surface area contributed by atoms with E-state index in [1.165, 1.54) is 0 Å². The molecule has 0 aliphatic heterocycles. The second-order valence-corrected chi connectivity index (χ2v) is 8.09. The van der Waals surface area contributed by atoms with E-state index in [-0.39, 0.29) is 26.1 Å². The number of carbonyl (C=O) groups excluding carboxylic acids is 2. The Morgan fingerprint density at radius 2 is 1.56 bits per heavy atom. The Morgan fingerprint density at radius 1 is 1.04 bits per heavy atom. The average Bonchev–Trinajstić information content (AvgIpc) is 2.62. The molecule has 7 heteroatoms. The highest BCUT2D eigenvalue weighted by atomic mass is 35.5. The first-order valence-electron chi connectivity index (χ1n) is 8.42. The van der Waals surface area contributed by atoms with Crippen LogP contribution in [0.1, 0.15) is 26.7 Å². The van der Waals surface area contributed by atoms with E-state index in [1.54, 1.807) is 26.0 Å². The van der Waals surface area contributed by atoms with Crippen molar-refractivity contribution < 1.29 is 23.3 Å². The quantitative estimate of drug-likeness (QED) is 0.555. The Kier molecular flexibility index (Phi) is 7.44. The molecule has 1 aromatic rings. The molecule has 1 aromatic carbocycles. The van der Waals surface area contributed by atoms with Gasteiger partial charge in [-0.2, -0.15) is 0 Å². The van der Waals surface area contributed by atoms with Gasteiger partial charge in [0.15, 0.2) is 0 Å². The van der Waals surface area contributed by atoms with E-state index in [0.717, 1.165) is 0 Å². The molecule has 0 aromatic heterocycles. The molecular weight excluding hydrogens is 364 g/mol. The molecule has 5 nitrogen and oxygen atoms in total. The summed E-state index contributed by atoms with van der Waals surface area (Å²) in [6.45, 7) is 3.88. The summed E-state index contributed by atoms with van der Waals surface area (Å²) in [5.74, 6) is -2.26. The molecule has 0 heterocycles. The summed E-state index contributed by atoms with van der Waals surface area (Å²) in [6, 6.07) is 9.01. The SMILES string of the molecule is CCOC(=O)[C@H]1C[C@@H](Cl)[C@@H]([S@@](=O)c2ccccc2)C[C@H]1C(=O)OCC. The van der Waals surface area contributed by atoms with Gasteiger partial charge < -0.3 is 9.47 Å². The minimum Gasteiger partial charge on any atom is -0.466 e. The van der Waals surface area contributed by atoms with Crippen LogP contribution in [0.4, 0.5) is 0 Å². The van der Waals surface area contributed by atoms with Crippen LogP contribution in [-0.2, 0) is 29.9 Å². The zero-order valence-electron chi connectivity index (χ0n) is 14.4. The molecule has 0 radical (unpaired) electrons. The third-order valence-corrected chi connectivity index (χ3v) is 6.72. The van der Waals surface area contributed by atoms with E-state index in [2.05, 4.69) is 0 Å². The normalized spacial score (nSPS) is 27.3. The molecule has 138 valence electrons. The van der Waals surface area contributed by atoms with Crippen LogP contribution in [0, 0.1) is 11.8 Å². The Labute approximate surface area is 155 Å². The van der Waals surface area contributed by atoms with Gasteiger partial charge in [-0.15, -0.1) is 11.6 Å². The fourth-order valence-corrected chi connectivity index (χ4v) is 5.20. The van der Waals surface area contributed by atoms with E-state index >= 15 is 0 Å². The summed E-state index contributed by atoms with van der Waals surface area (Å²) in [7, 11) is -1.36. The second kappa shape index (κ2) is 9.34. The topological polar surface area (TPSA) is 69.7 Å². The van der Waals surface area contributed by atoms with Crippen molar-refractivity contribution in [1.82, 2.24) is 0 Å². The third kappa shape index (κ3) is 4.82. The molecule has 2 rings (SSSR count). The molecule has 0 N–H and O–H groups in total. The van der Waals surface area contributed by atoms with Gasteiger partial charge in [-0.3, -0.25) is 13.8 Å². The lowest BCUT2D eigenvalue weighted by atomic mass is 9.78. The van der Waals surface area contributed by atoms with E-state index in [4.69, 9.17) is 21.1 Å². The number of benzene rings is 1. The van der Waals surface area contributed by atoms with E-state index < -0.39 is 45.2 Å². The largest absolute Gasteiger partial charge is 0.466 e. The maximum absolute atomic E-state index is 12.9. The predicted octanol–water partition coefficient (Wildman–Crippen LogP) is 2.92. The predicted molar refractivity (Wildman–Crippen MR) is 95.8 cm³/mol. The van der Waals surface area contributed by atoms with Crippen LogP contribution in [0.15, 0.2) is 35.2 Å². The molecule has 1 fully saturated rings. The molecule has 0 saturated heterocycles. The van der Waals surface area contributed by atoms with Crippen molar-refractivity contribution in [2.24, 2.45) is 11.8 Å². The molecule has 5 atom stereocenters. The van der Waals surface area contributed by atoms with Crippen LogP contribution in [0.5, 0.6) is 0 Å². The first-order chi connectivity index (χ1) is 12.0. The van der Waals surface area contributed by atoms with Gasteiger partial charge in [-0.25, -0.2) is 0 Å². The molecule has 0 unspecified atom stereocenters. The van der Waals surface area contributed by atoms with E-state index in [0.29, 0.717) is 4.90 Å². The van der Waals surface area contributed by atoms with Crippen LogP contribution in [0.3, 0.4) is 0 Å². The molecule has 1 aliphatic carbocycles. The number of hydrogen-bond acceptors (Lipinski definition) is 5. The summed E-state index contributed by atoms with van der Waals surface area (Å²) in [5.41, 5.74) is 0. The van der Waals surface area contributed by atoms with Gasteiger partial charge in [0.2, 0.25) is 0 Å². The van der Waals surface area contributed by atoms with Crippen molar-refractivity contribution in [3.8, 4) is 0 Å². The van der Waals surface area contributed by atoms with E-state index in [1.807, 2.05) is 18.2 Å². The smallest absolute Gasteiger partial charge is 0.309 e. The van der Waals surface area contributed by atoms with Crippen molar-refractivity contribution in [3.05, 3.63) is 30.3 Å². The van der Waals surface area contributed by atoms with Crippen molar-refractivity contribution in [1.29, 1.82) is 0 Å². The molecule has 1 saturated carbocycles. The Bertz CT molecular complexity index is 621. The number of halogens is 1. The van der Waals surface area contributed by atoms with Crippen LogP contribution < -0.4 is 0 Å². The first-order valence-corrected chi connectivity index (χ1v) is 10.1. The first kappa shape index (κ1) is 19.9. The zero-order chi connectivity index (χ0) is 18.4. The van der Waals surface area contributed by atoms with Gasteiger partial charge in [0.05, 0.1) is 41.1 Å². The molecular formula is C18H23ClO5S. The number of esters is 2. The van der Waals surface area contributed by atoms with Crippen molar-refractivity contribution in [2.45, 2.75) is 42.2 Å². The minimum atomic E-state index is -1.36. The van der Waals surface area contributed by atoms with Crippen LogP contribution >= 0.6 is 11.6 Å². The lowest BCUT2D eigenvalue weighted by Crippen LogP contribution is -2.45. The van der Waals surface area contributed by atoms with Gasteiger partial charge in [0.1, 0.15) is 0 Å². The fourth-order valence-electron chi connectivity index (χ4n) is 3.09. The molecule has 0 bridgehead atoms. The zero-order valence-corrected chi connectivity index (χ0v) is 15.9. The van der Waals surface area contributed by atoms with Crippen LogP contribution in [0.25, 0.3) is 0 Å². The lowest BCUT2D eigenvalue weighted by molar-refractivity contribution is -0.162. The number of carbonyl (C=O) groups is 2. The lowest BCUT2D eigenvalue weighted by Gasteiger charge is -2.36. The summed E-state index contributed by atoms with van der Waals surface area (Å²) in [6.07, 6.45) is 0.477. The Balaban J connectivity index is 2.24.